The molecule has 0 amide bonds. The van der Waals surface area contributed by atoms with Gasteiger partial charge in [0.15, 0.2) is 0 Å². The van der Waals surface area contributed by atoms with Gasteiger partial charge in [0.25, 0.3) is 0 Å². The van der Waals surface area contributed by atoms with Crippen LogP contribution < -0.4 is 5.32 Å². The molecule has 2 aromatic rings. The van der Waals surface area contributed by atoms with E-state index in [2.05, 4.69) is 37.3 Å². The van der Waals surface area contributed by atoms with Gasteiger partial charge in [-0.05, 0) is 18.6 Å². The molecule has 1 aromatic carbocycles. The average molecular weight is 278 g/mol. The van der Waals surface area contributed by atoms with Crippen LogP contribution in [0.15, 0.2) is 41.1 Å². The molecule has 0 aliphatic heterocycles. The van der Waals surface area contributed by atoms with Crippen LogP contribution >= 0.6 is 15.9 Å². The molecular weight excluding hydrogens is 266 g/mol. The number of nitrogens with zero attached hydrogens (tertiary/aromatic N) is 2. The van der Waals surface area contributed by atoms with Crippen molar-refractivity contribution in [3.63, 3.8) is 0 Å². The molecule has 0 bridgehead atoms. The van der Waals surface area contributed by atoms with Crippen molar-refractivity contribution in [2.24, 2.45) is 0 Å². The van der Waals surface area contributed by atoms with Gasteiger partial charge in [0.05, 0.1) is 5.69 Å². The van der Waals surface area contributed by atoms with E-state index in [1.807, 2.05) is 25.1 Å². The third kappa shape index (κ3) is 2.58. The van der Waals surface area contributed by atoms with Crippen LogP contribution in [0.3, 0.4) is 0 Å². The van der Waals surface area contributed by atoms with Crippen molar-refractivity contribution in [3.05, 3.63) is 52.4 Å². The highest BCUT2D eigenvalue weighted by molar-refractivity contribution is 9.10. The predicted octanol–water partition coefficient (Wildman–Crippen LogP) is 3.16. The van der Waals surface area contributed by atoms with Crippen molar-refractivity contribution < 1.29 is 0 Å². The van der Waals surface area contributed by atoms with Crippen LogP contribution in [0.4, 0.5) is 5.82 Å². The lowest BCUT2D eigenvalue weighted by Gasteiger charge is -2.08. The lowest BCUT2D eigenvalue weighted by Crippen LogP contribution is -2.04. The molecule has 82 valence electrons. The first-order valence-electron chi connectivity index (χ1n) is 5.02. The first-order valence-corrected chi connectivity index (χ1v) is 5.81. The van der Waals surface area contributed by atoms with Crippen molar-refractivity contribution in [3.8, 4) is 0 Å². The van der Waals surface area contributed by atoms with Crippen LogP contribution in [-0.2, 0) is 6.54 Å². The summed E-state index contributed by atoms with van der Waals surface area (Å²) in [7, 11) is 0. The molecule has 0 saturated heterocycles. The number of aromatic nitrogens is 2. The fraction of sp³-hybridized carbons (Fsp3) is 0.167. The second-order valence-corrected chi connectivity index (χ2v) is 4.29. The molecule has 1 heterocycles. The summed E-state index contributed by atoms with van der Waals surface area (Å²) in [6.45, 7) is 2.68. The normalized spacial score (nSPS) is 10.1. The molecule has 0 saturated carbocycles. The summed E-state index contributed by atoms with van der Waals surface area (Å²) in [5.41, 5.74) is 2.11. The van der Waals surface area contributed by atoms with Gasteiger partial charge in [-0.2, -0.15) is 0 Å². The Morgan fingerprint density at radius 2 is 1.94 bits per heavy atom. The molecule has 16 heavy (non-hydrogen) atoms. The predicted molar refractivity (Wildman–Crippen MR) is 68.2 cm³/mol. The van der Waals surface area contributed by atoms with E-state index in [9.17, 15) is 0 Å². The molecule has 4 heteroatoms. The number of benzene rings is 1. The summed E-state index contributed by atoms with van der Waals surface area (Å²) in [4.78, 5) is 8.41. The Morgan fingerprint density at radius 3 is 2.69 bits per heavy atom. The molecule has 1 N–H and O–H groups in total. The number of aryl methyl sites for hydroxylation is 1. The Kier molecular flexibility index (Phi) is 3.51. The molecule has 0 fully saturated rings. The van der Waals surface area contributed by atoms with Gasteiger partial charge >= 0.3 is 0 Å². The third-order valence-electron chi connectivity index (χ3n) is 2.29. The number of halogens is 1. The minimum atomic E-state index is 0.737. The Labute approximate surface area is 103 Å². The Bertz CT molecular complexity index is 440. The van der Waals surface area contributed by atoms with E-state index < -0.39 is 0 Å². The summed E-state index contributed by atoms with van der Waals surface area (Å²) in [5, 5.41) is 3.27. The Morgan fingerprint density at radius 1 is 1.19 bits per heavy atom. The van der Waals surface area contributed by atoms with Crippen LogP contribution in [0.25, 0.3) is 0 Å². The zero-order valence-electron chi connectivity index (χ0n) is 8.94. The topological polar surface area (TPSA) is 37.8 Å². The van der Waals surface area contributed by atoms with Gasteiger partial charge in [0.2, 0.25) is 0 Å². The van der Waals surface area contributed by atoms with Gasteiger partial charge < -0.3 is 5.32 Å². The lowest BCUT2D eigenvalue weighted by molar-refractivity contribution is 1.05. The van der Waals surface area contributed by atoms with E-state index in [0.29, 0.717) is 0 Å². The molecule has 1 aromatic heterocycles. The number of hydrogen-bond donors (Lipinski definition) is 1. The number of anilines is 1. The third-order valence-corrected chi connectivity index (χ3v) is 3.06. The molecule has 2 rings (SSSR count). The summed E-state index contributed by atoms with van der Waals surface area (Å²) in [5.74, 6) is 0.832. The van der Waals surface area contributed by atoms with Crippen molar-refractivity contribution in [1.82, 2.24) is 9.97 Å². The molecule has 0 radical (unpaired) electrons. The first kappa shape index (κ1) is 11.1. The van der Waals surface area contributed by atoms with E-state index in [1.165, 1.54) is 5.56 Å². The van der Waals surface area contributed by atoms with Crippen LogP contribution in [0.1, 0.15) is 11.3 Å². The summed E-state index contributed by atoms with van der Waals surface area (Å²) in [6, 6.07) is 8.12. The fourth-order valence-corrected chi connectivity index (χ4v) is 1.83. The summed E-state index contributed by atoms with van der Waals surface area (Å²) in [6.07, 6.45) is 3.38. The van der Waals surface area contributed by atoms with E-state index in [4.69, 9.17) is 0 Å². The van der Waals surface area contributed by atoms with E-state index in [1.54, 1.807) is 12.4 Å². The van der Waals surface area contributed by atoms with Gasteiger partial charge in [0.1, 0.15) is 5.82 Å². The summed E-state index contributed by atoms with van der Waals surface area (Å²) >= 11 is 3.51. The van der Waals surface area contributed by atoms with Crippen LogP contribution in [0.2, 0.25) is 0 Å². The minimum Gasteiger partial charge on any atom is -0.364 e. The molecule has 0 spiro atoms. The van der Waals surface area contributed by atoms with Crippen LogP contribution in [-0.4, -0.2) is 9.97 Å². The molecule has 0 aliphatic rings. The zero-order valence-corrected chi connectivity index (χ0v) is 10.5. The molecule has 0 atom stereocenters. The van der Waals surface area contributed by atoms with E-state index in [0.717, 1.165) is 22.5 Å². The van der Waals surface area contributed by atoms with Gasteiger partial charge in [-0.15, -0.1) is 0 Å². The van der Waals surface area contributed by atoms with Crippen molar-refractivity contribution in [1.29, 1.82) is 0 Å². The highest BCUT2D eigenvalue weighted by Gasteiger charge is 2.01. The quantitative estimate of drug-likeness (QED) is 0.937. The van der Waals surface area contributed by atoms with Crippen LogP contribution in [0, 0.1) is 6.92 Å². The largest absolute Gasteiger partial charge is 0.364 e. The minimum absolute atomic E-state index is 0.737. The standard InChI is InChI=1S/C12H12BrN3/c1-9-12(15-7-6-14-9)16-8-10-4-2-3-5-11(10)13/h2-7H,8H2,1H3,(H,15,16). The first-order chi connectivity index (χ1) is 7.77. The maximum Gasteiger partial charge on any atom is 0.147 e. The summed E-state index contributed by atoms with van der Waals surface area (Å²) < 4.78 is 1.10. The maximum atomic E-state index is 4.23. The second kappa shape index (κ2) is 5.07. The zero-order chi connectivity index (χ0) is 11.4. The molecule has 0 unspecified atom stereocenters. The fourth-order valence-electron chi connectivity index (χ4n) is 1.40. The number of nitrogens with one attached hydrogen (secondary N) is 1. The van der Waals surface area contributed by atoms with E-state index in [-0.39, 0.29) is 0 Å². The van der Waals surface area contributed by atoms with Gasteiger partial charge in [0, 0.05) is 23.4 Å². The molecular formula is C12H12BrN3. The number of rotatable bonds is 3. The average Bonchev–Trinajstić information content (AvgIpc) is 2.30. The van der Waals surface area contributed by atoms with Crippen molar-refractivity contribution in [2.45, 2.75) is 13.5 Å². The SMILES string of the molecule is Cc1nccnc1NCc1ccccc1Br. The van der Waals surface area contributed by atoms with Gasteiger partial charge in [-0.1, -0.05) is 34.1 Å². The Balaban J connectivity index is 2.09. The van der Waals surface area contributed by atoms with Gasteiger partial charge in [-0.3, -0.25) is 4.98 Å². The highest BCUT2D eigenvalue weighted by Crippen LogP contribution is 2.17. The highest BCUT2D eigenvalue weighted by atomic mass is 79.9. The lowest BCUT2D eigenvalue weighted by atomic mass is 10.2. The second-order valence-electron chi connectivity index (χ2n) is 3.44. The molecule has 0 aliphatic carbocycles. The van der Waals surface area contributed by atoms with Crippen molar-refractivity contribution >= 4 is 21.7 Å². The monoisotopic (exact) mass is 277 g/mol. The van der Waals surface area contributed by atoms with E-state index >= 15 is 0 Å². The van der Waals surface area contributed by atoms with Gasteiger partial charge in [-0.25, -0.2) is 4.98 Å². The number of hydrogen-bond acceptors (Lipinski definition) is 3. The molecule has 3 nitrogen and oxygen atoms in total. The Hall–Kier alpha value is -1.42. The van der Waals surface area contributed by atoms with Crippen molar-refractivity contribution in [2.75, 3.05) is 5.32 Å². The maximum absolute atomic E-state index is 4.23. The van der Waals surface area contributed by atoms with Crippen LogP contribution in [0.5, 0.6) is 0 Å². The smallest absolute Gasteiger partial charge is 0.147 e.